The molecule has 0 atom stereocenters. The zero-order valence-corrected chi connectivity index (χ0v) is 15.3. The minimum absolute atomic E-state index is 0.122. The Kier molecular flexibility index (Phi) is 5.30. The zero-order chi connectivity index (χ0) is 19.4. The van der Waals surface area contributed by atoms with E-state index in [2.05, 4.69) is 0 Å². The Hall–Kier alpha value is -3.48. The normalized spacial score (nSPS) is 11.0. The SMILES string of the molecule is Cc1ccccc1/C=c1\sc(=C(C#N)C#N)n(Cc2ccc(F)cc2)c1=O. The van der Waals surface area contributed by atoms with E-state index < -0.39 is 0 Å². The van der Waals surface area contributed by atoms with Gasteiger partial charge in [-0.1, -0.05) is 36.4 Å². The number of nitriles is 2. The highest BCUT2D eigenvalue weighted by Crippen LogP contribution is 2.07. The summed E-state index contributed by atoms with van der Waals surface area (Å²) in [6.07, 6.45) is 1.76. The van der Waals surface area contributed by atoms with Crippen molar-refractivity contribution in [2.45, 2.75) is 13.5 Å². The molecule has 0 saturated carbocycles. The summed E-state index contributed by atoms with van der Waals surface area (Å²) in [5.74, 6) is -0.369. The van der Waals surface area contributed by atoms with Gasteiger partial charge >= 0.3 is 0 Å². The average molecular weight is 375 g/mol. The first-order valence-corrected chi connectivity index (χ1v) is 8.91. The molecule has 6 heteroatoms. The van der Waals surface area contributed by atoms with Crippen LogP contribution in [0.25, 0.3) is 11.6 Å². The van der Waals surface area contributed by atoms with Crippen molar-refractivity contribution in [2.24, 2.45) is 0 Å². The fourth-order valence-corrected chi connectivity index (χ4v) is 3.67. The third-order valence-electron chi connectivity index (χ3n) is 4.07. The van der Waals surface area contributed by atoms with Crippen LogP contribution in [0, 0.1) is 35.4 Å². The van der Waals surface area contributed by atoms with Crippen LogP contribution < -0.4 is 14.8 Å². The Bertz CT molecular complexity index is 1240. The molecule has 0 aliphatic heterocycles. The van der Waals surface area contributed by atoms with Crippen molar-refractivity contribution in [3.8, 4) is 12.1 Å². The van der Waals surface area contributed by atoms with Crippen LogP contribution in [0.3, 0.4) is 0 Å². The summed E-state index contributed by atoms with van der Waals surface area (Å²) >= 11 is 1.11. The Morgan fingerprint density at radius 1 is 1.15 bits per heavy atom. The number of halogens is 1. The zero-order valence-electron chi connectivity index (χ0n) is 14.4. The van der Waals surface area contributed by atoms with Crippen LogP contribution in [0.5, 0.6) is 0 Å². The van der Waals surface area contributed by atoms with Gasteiger partial charge < -0.3 is 0 Å². The van der Waals surface area contributed by atoms with Gasteiger partial charge in [0.05, 0.1) is 11.1 Å². The topological polar surface area (TPSA) is 69.6 Å². The molecular formula is C21H14FN3OS. The molecule has 0 unspecified atom stereocenters. The summed E-state index contributed by atoms with van der Waals surface area (Å²) in [7, 11) is 0. The van der Waals surface area contributed by atoms with Crippen LogP contribution in [0.2, 0.25) is 0 Å². The Morgan fingerprint density at radius 3 is 2.44 bits per heavy atom. The molecule has 2 aromatic carbocycles. The van der Waals surface area contributed by atoms with Gasteiger partial charge in [-0.3, -0.25) is 9.36 Å². The van der Waals surface area contributed by atoms with Crippen molar-refractivity contribution in [1.29, 1.82) is 10.5 Å². The van der Waals surface area contributed by atoms with Gasteiger partial charge in [0.25, 0.3) is 5.56 Å². The summed E-state index contributed by atoms with van der Waals surface area (Å²) in [5, 5.41) is 18.5. The van der Waals surface area contributed by atoms with Gasteiger partial charge in [-0.2, -0.15) is 10.5 Å². The molecule has 0 radical (unpaired) electrons. The Balaban J connectivity index is 2.25. The first-order valence-electron chi connectivity index (χ1n) is 8.09. The van der Waals surface area contributed by atoms with E-state index >= 15 is 0 Å². The van der Waals surface area contributed by atoms with Crippen LogP contribution in [0.1, 0.15) is 16.7 Å². The fourth-order valence-electron chi connectivity index (χ4n) is 2.63. The first kappa shape index (κ1) is 18.3. The number of hydrogen-bond acceptors (Lipinski definition) is 4. The molecule has 0 N–H and O–H groups in total. The summed E-state index contributed by atoms with van der Waals surface area (Å²) in [6.45, 7) is 2.10. The van der Waals surface area contributed by atoms with Gasteiger partial charge in [0.2, 0.25) is 0 Å². The maximum absolute atomic E-state index is 13.1. The molecule has 3 aromatic rings. The minimum atomic E-state index is -0.369. The van der Waals surface area contributed by atoms with Gasteiger partial charge in [0, 0.05) is 0 Å². The number of thiazole rings is 1. The molecule has 0 aliphatic carbocycles. The third kappa shape index (κ3) is 3.87. The van der Waals surface area contributed by atoms with Crippen LogP contribution in [-0.2, 0) is 6.54 Å². The molecule has 0 fully saturated rings. The molecule has 27 heavy (non-hydrogen) atoms. The Labute approximate surface area is 159 Å². The van der Waals surface area contributed by atoms with Gasteiger partial charge in [-0.15, -0.1) is 11.3 Å². The summed E-state index contributed by atoms with van der Waals surface area (Å²) in [5.41, 5.74) is 2.21. The standard InChI is InChI=1S/C21H14FN3OS/c1-14-4-2-3-5-16(14)10-19-20(26)25(21(27-19)17(11-23)12-24)13-15-6-8-18(22)9-7-15/h2-10H,13H2,1H3/b19-10-. The van der Waals surface area contributed by atoms with E-state index in [1.807, 2.05) is 43.3 Å². The van der Waals surface area contributed by atoms with Gasteiger partial charge in [-0.25, -0.2) is 4.39 Å². The molecule has 0 bridgehead atoms. The number of rotatable bonds is 3. The smallest absolute Gasteiger partial charge is 0.269 e. The predicted molar refractivity (Wildman–Crippen MR) is 103 cm³/mol. The van der Waals surface area contributed by atoms with E-state index in [-0.39, 0.29) is 23.5 Å². The third-order valence-corrected chi connectivity index (χ3v) is 5.20. The second-order valence-electron chi connectivity index (χ2n) is 5.89. The lowest BCUT2D eigenvalue weighted by Crippen LogP contribution is -2.32. The molecule has 0 aliphatic rings. The van der Waals surface area contributed by atoms with Gasteiger partial charge in [-0.05, 0) is 41.8 Å². The number of hydrogen-bond donors (Lipinski definition) is 0. The number of benzene rings is 2. The van der Waals surface area contributed by atoms with Crippen molar-refractivity contribution < 1.29 is 4.39 Å². The predicted octanol–water partition coefficient (Wildman–Crippen LogP) is 2.43. The molecule has 0 amide bonds. The molecule has 4 nitrogen and oxygen atoms in total. The van der Waals surface area contributed by atoms with Crippen LogP contribution >= 0.6 is 11.3 Å². The van der Waals surface area contributed by atoms with Crippen molar-refractivity contribution in [3.05, 3.63) is 90.6 Å². The molecule has 0 saturated heterocycles. The Morgan fingerprint density at radius 2 is 1.81 bits per heavy atom. The second-order valence-corrected chi connectivity index (χ2v) is 6.92. The second kappa shape index (κ2) is 7.82. The van der Waals surface area contributed by atoms with E-state index in [1.54, 1.807) is 18.2 Å². The molecule has 1 aromatic heterocycles. The van der Waals surface area contributed by atoms with Crippen molar-refractivity contribution in [2.75, 3.05) is 0 Å². The molecule has 132 valence electrons. The molecule has 0 spiro atoms. The fraction of sp³-hybridized carbons (Fsp3) is 0.0952. The first-order chi connectivity index (χ1) is 13.0. The lowest BCUT2D eigenvalue weighted by molar-refractivity contribution is 0.626. The highest BCUT2D eigenvalue weighted by molar-refractivity contribution is 7.07. The minimum Gasteiger partial charge on any atom is -0.293 e. The highest BCUT2D eigenvalue weighted by Gasteiger charge is 2.10. The quantitative estimate of drug-likeness (QED) is 0.706. The van der Waals surface area contributed by atoms with Gasteiger partial charge in [0.15, 0.2) is 5.57 Å². The largest absolute Gasteiger partial charge is 0.293 e. The van der Waals surface area contributed by atoms with Crippen molar-refractivity contribution >= 4 is 23.0 Å². The van der Waals surface area contributed by atoms with E-state index in [1.165, 1.54) is 16.7 Å². The molecule has 1 heterocycles. The summed E-state index contributed by atoms with van der Waals surface area (Å²) < 4.78 is 15.3. The van der Waals surface area contributed by atoms with Crippen LogP contribution in [0.4, 0.5) is 4.39 Å². The maximum atomic E-state index is 13.1. The van der Waals surface area contributed by atoms with E-state index in [0.29, 0.717) is 14.8 Å². The highest BCUT2D eigenvalue weighted by atomic mass is 32.1. The number of nitrogens with zero attached hydrogens (tertiary/aromatic N) is 3. The maximum Gasteiger partial charge on any atom is 0.269 e. The molecular weight excluding hydrogens is 361 g/mol. The van der Waals surface area contributed by atoms with Crippen molar-refractivity contribution in [3.63, 3.8) is 0 Å². The lowest BCUT2D eigenvalue weighted by atomic mass is 10.1. The van der Waals surface area contributed by atoms with Crippen LogP contribution in [0.15, 0.2) is 53.3 Å². The van der Waals surface area contributed by atoms with Crippen molar-refractivity contribution in [1.82, 2.24) is 4.57 Å². The molecule has 3 rings (SSSR count). The van der Waals surface area contributed by atoms with E-state index in [0.717, 1.165) is 22.5 Å². The monoisotopic (exact) mass is 375 g/mol. The van der Waals surface area contributed by atoms with Crippen LogP contribution in [-0.4, -0.2) is 4.57 Å². The average Bonchev–Trinajstić information content (AvgIpc) is 2.96. The summed E-state index contributed by atoms with van der Waals surface area (Å²) in [6, 6.07) is 17.1. The van der Waals surface area contributed by atoms with Gasteiger partial charge in [0.1, 0.15) is 22.6 Å². The summed E-state index contributed by atoms with van der Waals surface area (Å²) in [4.78, 5) is 12.9. The lowest BCUT2D eigenvalue weighted by Gasteiger charge is -2.02. The van der Waals surface area contributed by atoms with E-state index in [4.69, 9.17) is 0 Å². The number of aryl methyl sites for hydroxylation is 1. The van der Waals surface area contributed by atoms with E-state index in [9.17, 15) is 19.7 Å². The number of aromatic nitrogens is 1.